The van der Waals surface area contributed by atoms with Gasteiger partial charge in [-0.2, -0.15) is 0 Å². The number of fused-ring (bicyclic) bond motifs is 2. The third-order valence-electron chi connectivity index (χ3n) is 4.48. The van der Waals surface area contributed by atoms with E-state index < -0.39 is 5.82 Å². The average Bonchev–Trinajstić information content (AvgIpc) is 2.78. The van der Waals surface area contributed by atoms with Gasteiger partial charge in [-0.15, -0.1) is 0 Å². The van der Waals surface area contributed by atoms with Gasteiger partial charge < -0.3 is 10.2 Å². The fourth-order valence-electron chi connectivity index (χ4n) is 3.36. The molecule has 1 amide bonds. The van der Waals surface area contributed by atoms with E-state index in [4.69, 9.17) is 0 Å². The number of nitrogens with one attached hydrogen (secondary N) is 1. The van der Waals surface area contributed by atoms with E-state index in [2.05, 4.69) is 21.2 Å². The number of hydrogen-bond acceptors (Lipinski definition) is 2. The average molecular weight is 341 g/mol. The molecule has 1 aromatic carbocycles. The zero-order chi connectivity index (χ0) is 14.3. The number of carbonyl (C=O) groups is 1. The van der Waals surface area contributed by atoms with Crippen molar-refractivity contribution < 1.29 is 9.18 Å². The van der Waals surface area contributed by atoms with E-state index in [9.17, 15) is 9.18 Å². The zero-order valence-electron chi connectivity index (χ0n) is 11.4. The number of piperidine rings is 1. The van der Waals surface area contributed by atoms with Gasteiger partial charge in [-0.1, -0.05) is 15.9 Å². The van der Waals surface area contributed by atoms with Gasteiger partial charge in [0, 0.05) is 29.6 Å². The molecule has 0 aliphatic carbocycles. The van der Waals surface area contributed by atoms with Crippen molar-refractivity contribution in [3.63, 3.8) is 0 Å². The molecular formula is C15H18BrFN2O. The summed E-state index contributed by atoms with van der Waals surface area (Å²) in [6.07, 6.45) is 4.31. The van der Waals surface area contributed by atoms with Gasteiger partial charge >= 0.3 is 0 Å². The smallest absolute Gasteiger partial charge is 0.256 e. The Bertz CT molecular complexity index is 525. The second kappa shape index (κ2) is 5.45. The Balaban J connectivity index is 1.78. The lowest BCUT2D eigenvalue weighted by atomic mass is 9.98. The Morgan fingerprint density at radius 2 is 2.00 bits per heavy atom. The molecule has 2 bridgehead atoms. The maximum Gasteiger partial charge on any atom is 0.256 e. The van der Waals surface area contributed by atoms with Gasteiger partial charge in [-0.25, -0.2) is 4.39 Å². The molecule has 2 fully saturated rings. The number of halogens is 2. The number of carbonyl (C=O) groups excluding carboxylic acids is 1. The summed E-state index contributed by atoms with van der Waals surface area (Å²) in [5, 5.41) is 3.55. The fourth-order valence-corrected chi connectivity index (χ4v) is 3.72. The van der Waals surface area contributed by atoms with E-state index in [0.29, 0.717) is 12.1 Å². The lowest BCUT2D eigenvalue weighted by molar-refractivity contribution is 0.0677. The summed E-state index contributed by atoms with van der Waals surface area (Å²) >= 11 is 3.29. The summed E-state index contributed by atoms with van der Waals surface area (Å²) in [6.45, 7) is 0. The minimum Gasteiger partial charge on any atom is -0.339 e. The van der Waals surface area contributed by atoms with E-state index in [1.165, 1.54) is 18.9 Å². The van der Waals surface area contributed by atoms with E-state index >= 15 is 0 Å². The molecule has 0 spiro atoms. The van der Waals surface area contributed by atoms with Gasteiger partial charge in [-0.05, 0) is 43.9 Å². The largest absolute Gasteiger partial charge is 0.339 e. The highest BCUT2D eigenvalue weighted by molar-refractivity contribution is 9.10. The zero-order valence-corrected chi connectivity index (χ0v) is 13.0. The first-order valence-electron chi connectivity index (χ1n) is 7.03. The van der Waals surface area contributed by atoms with Crippen LogP contribution in [0.2, 0.25) is 0 Å². The molecule has 0 saturated carbocycles. The minimum absolute atomic E-state index is 0.146. The van der Waals surface area contributed by atoms with Crippen LogP contribution < -0.4 is 5.32 Å². The van der Waals surface area contributed by atoms with Gasteiger partial charge in [0.05, 0.1) is 5.56 Å². The molecule has 0 aromatic heterocycles. The van der Waals surface area contributed by atoms with Crippen LogP contribution in [-0.2, 0) is 0 Å². The van der Waals surface area contributed by atoms with Crippen LogP contribution in [0, 0.1) is 5.82 Å². The van der Waals surface area contributed by atoms with Crippen LogP contribution in [0.15, 0.2) is 22.7 Å². The third-order valence-corrected chi connectivity index (χ3v) is 4.97. The van der Waals surface area contributed by atoms with Gasteiger partial charge in [-0.3, -0.25) is 4.79 Å². The number of hydrogen-bond donors (Lipinski definition) is 1. The van der Waals surface area contributed by atoms with Crippen LogP contribution in [0.4, 0.5) is 4.39 Å². The summed E-state index contributed by atoms with van der Waals surface area (Å²) in [5.41, 5.74) is 0.146. The van der Waals surface area contributed by atoms with Crippen LogP contribution in [-0.4, -0.2) is 36.0 Å². The van der Waals surface area contributed by atoms with E-state index in [1.54, 1.807) is 24.1 Å². The highest BCUT2D eigenvalue weighted by Crippen LogP contribution is 2.30. The topological polar surface area (TPSA) is 32.3 Å². The van der Waals surface area contributed by atoms with Crippen LogP contribution in [0.5, 0.6) is 0 Å². The Morgan fingerprint density at radius 3 is 2.65 bits per heavy atom. The Hall–Kier alpha value is -0.940. The van der Waals surface area contributed by atoms with Gasteiger partial charge in [0.25, 0.3) is 5.91 Å². The van der Waals surface area contributed by atoms with E-state index in [-0.39, 0.29) is 17.5 Å². The molecule has 2 unspecified atom stereocenters. The quantitative estimate of drug-likeness (QED) is 0.897. The van der Waals surface area contributed by atoms with Crippen molar-refractivity contribution in [3.8, 4) is 0 Å². The molecule has 20 heavy (non-hydrogen) atoms. The Morgan fingerprint density at radius 1 is 1.35 bits per heavy atom. The molecule has 3 nitrogen and oxygen atoms in total. The summed E-state index contributed by atoms with van der Waals surface area (Å²) in [7, 11) is 1.79. The van der Waals surface area contributed by atoms with Gasteiger partial charge in [0.2, 0.25) is 0 Å². The monoisotopic (exact) mass is 340 g/mol. The van der Waals surface area contributed by atoms with Gasteiger partial charge in [0.1, 0.15) is 5.82 Å². The van der Waals surface area contributed by atoms with Crippen LogP contribution in [0.1, 0.15) is 36.0 Å². The number of nitrogens with zero attached hydrogens (tertiary/aromatic N) is 1. The predicted molar refractivity (Wildman–Crippen MR) is 79.2 cm³/mol. The van der Waals surface area contributed by atoms with Crippen molar-refractivity contribution in [2.75, 3.05) is 7.05 Å². The molecule has 108 valence electrons. The molecule has 3 rings (SSSR count). The summed E-state index contributed by atoms with van der Waals surface area (Å²) in [4.78, 5) is 14.2. The molecule has 2 atom stereocenters. The summed E-state index contributed by atoms with van der Waals surface area (Å²) in [5.74, 6) is -0.683. The highest BCUT2D eigenvalue weighted by atomic mass is 79.9. The molecule has 2 heterocycles. The molecule has 2 saturated heterocycles. The second-order valence-electron chi connectivity index (χ2n) is 5.80. The first-order valence-corrected chi connectivity index (χ1v) is 7.82. The van der Waals surface area contributed by atoms with Gasteiger partial charge in [0.15, 0.2) is 0 Å². The van der Waals surface area contributed by atoms with Crippen molar-refractivity contribution >= 4 is 21.8 Å². The normalized spacial score (nSPS) is 28.4. The van der Waals surface area contributed by atoms with E-state index in [1.807, 2.05) is 0 Å². The maximum absolute atomic E-state index is 13.8. The van der Waals surface area contributed by atoms with Crippen molar-refractivity contribution in [3.05, 3.63) is 34.1 Å². The molecule has 2 aliphatic heterocycles. The first-order chi connectivity index (χ1) is 9.54. The highest BCUT2D eigenvalue weighted by Gasteiger charge is 2.36. The Labute approximate surface area is 126 Å². The molecule has 1 aromatic rings. The van der Waals surface area contributed by atoms with E-state index in [0.717, 1.165) is 17.3 Å². The summed E-state index contributed by atoms with van der Waals surface area (Å²) < 4.78 is 14.6. The number of amides is 1. The first kappa shape index (κ1) is 14.0. The third kappa shape index (κ3) is 2.61. The lowest BCUT2D eigenvalue weighted by Crippen LogP contribution is -2.48. The molecule has 0 radical (unpaired) electrons. The molecule has 5 heteroatoms. The van der Waals surface area contributed by atoms with Crippen molar-refractivity contribution in [1.29, 1.82) is 0 Å². The maximum atomic E-state index is 13.8. The fraction of sp³-hybridized carbons (Fsp3) is 0.533. The molecule has 2 aliphatic rings. The Kier molecular flexibility index (Phi) is 3.82. The van der Waals surface area contributed by atoms with Crippen LogP contribution in [0.3, 0.4) is 0 Å². The van der Waals surface area contributed by atoms with Crippen LogP contribution in [0.25, 0.3) is 0 Å². The summed E-state index contributed by atoms with van der Waals surface area (Å²) in [6, 6.07) is 5.74. The molecule has 1 N–H and O–H groups in total. The second-order valence-corrected chi connectivity index (χ2v) is 6.72. The number of benzene rings is 1. The predicted octanol–water partition coefficient (Wildman–Crippen LogP) is 2.94. The van der Waals surface area contributed by atoms with Crippen molar-refractivity contribution in [2.24, 2.45) is 0 Å². The number of rotatable bonds is 2. The minimum atomic E-state index is -0.457. The standard InChI is InChI=1S/C15H18BrFN2O/c1-19(12-7-10-3-4-11(8-12)18-10)15(20)13-6-9(16)2-5-14(13)17/h2,5-6,10-12,18H,3-4,7-8H2,1H3. The molecular weight excluding hydrogens is 323 g/mol. The van der Waals surface area contributed by atoms with Crippen molar-refractivity contribution in [1.82, 2.24) is 10.2 Å². The SMILES string of the molecule is CN(C(=O)c1cc(Br)ccc1F)C1CC2CCC(C1)N2. The van der Waals surface area contributed by atoms with Crippen molar-refractivity contribution in [2.45, 2.75) is 43.8 Å². The lowest BCUT2D eigenvalue weighted by Gasteiger charge is -2.35. The van der Waals surface area contributed by atoms with Crippen LogP contribution >= 0.6 is 15.9 Å².